The first-order valence-corrected chi connectivity index (χ1v) is 17.1. The number of hydrogen-bond donors (Lipinski definition) is 0. The molecule has 4 atom stereocenters. The number of rotatable bonds is 9. The lowest BCUT2D eigenvalue weighted by Gasteiger charge is -2.75. The Morgan fingerprint density at radius 2 is 1.81 bits per heavy atom. The van der Waals surface area contributed by atoms with E-state index in [0.29, 0.717) is 0 Å². The zero-order valence-electron chi connectivity index (χ0n) is 26.2. The Hall–Kier alpha value is -2.58. The normalized spacial score (nSPS) is 36.1. The lowest BCUT2D eigenvalue weighted by atomic mass is 9.53. The van der Waals surface area contributed by atoms with Gasteiger partial charge >= 0.3 is 0 Å². The Bertz CT molecular complexity index is 1220. The van der Waals surface area contributed by atoms with E-state index in [0.717, 1.165) is 96.7 Å². The van der Waals surface area contributed by atoms with Crippen molar-refractivity contribution in [1.82, 2.24) is 24.7 Å². The van der Waals surface area contributed by atoms with Crippen molar-refractivity contribution < 1.29 is 9.15 Å². The highest BCUT2D eigenvalue weighted by atomic mass is 16.5. The number of hydrazine groups is 1. The number of hydrogen-bond acceptors (Lipinski definition) is 7. The molecule has 7 heteroatoms. The molecule has 0 saturated carbocycles. The molecule has 6 aliphatic heterocycles. The van der Waals surface area contributed by atoms with E-state index in [9.17, 15) is 0 Å². The molecule has 0 aromatic carbocycles. The molecule has 1 aromatic heterocycles. The van der Waals surface area contributed by atoms with Crippen LogP contribution in [0.4, 0.5) is 0 Å². The molecule has 0 bridgehead atoms. The SMILES string of the molecule is CCC=CC=CC1(N2C=CC=CC2)CCN(N2CCCC2)C(N2C=CCCC2)(N2CCC2)C1(c1ccco1)C1CCCO1. The monoisotopic (exact) mass is 585 g/mol. The Balaban J connectivity index is 1.59. The van der Waals surface area contributed by atoms with E-state index < -0.39 is 16.7 Å². The second-order valence-electron chi connectivity index (χ2n) is 13.1. The zero-order valence-corrected chi connectivity index (χ0v) is 26.2. The van der Waals surface area contributed by atoms with Crippen LogP contribution in [0.1, 0.15) is 70.5 Å². The molecule has 7 rings (SSSR count). The summed E-state index contributed by atoms with van der Waals surface area (Å²) in [7, 11) is 0. The van der Waals surface area contributed by atoms with Crippen LogP contribution >= 0.6 is 0 Å². The first kappa shape index (κ1) is 29.1. The summed E-state index contributed by atoms with van der Waals surface area (Å²) in [6, 6.07) is 4.40. The summed E-state index contributed by atoms with van der Waals surface area (Å²) in [5.74, 6) is 0.562. The third-order valence-electron chi connectivity index (χ3n) is 11.0. The highest BCUT2D eigenvalue weighted by Gasteiger charge is 2.79. The second kappa shape index (κ2) is 12.4. The van der Waals surface area contributed by atoms with Crippen molar-refractivity contribution in [3.05, 3.63) is 85.2 Å². The molecule has 7 nitrogen and oxygen atoms in total. The van der Waals surface area contributed by atoms with Crippen LogP contribution in [-0.4, -0.2) is 94.6 Å². The molecule has 7 heterocycles. The third kappa shape index (κ3) is 4.45. The zero-order chi connectivity index (χ0) is 29.2. The molecule has 1 aromatic rings. The van der Waals surface area contributed by atoms with Gasteiger partial charge in [-0.15, -0.1) is 0 Å². The summed E-state index contributed by atoms with van der Waals surface area (Å²) in [4.78, 5) is 8.20. The summed E-state index contributed by atoms with van der Waals surface area (Å²) in [6.45, 7) is 10.3. The number of likely N-dealkylation sites (tertiary alicyclic amines) is 1. The molecule has 0 radical (unpaired) electrons. The fraction of sp³-hybridized carbons (Fsp3) is 0.611. The van der Waals surface area contributed by atoms with E-state index >= 15 is 0 Å². The fourth-order valence-electron chi connectivity index (χ4n) is 9.24. The highest BCUT2D eigenvalue weighted by Crippen LogP contribution is 2.63. The van der Waals surface area contributed by atoms with Crippen LogP contribution in [0.2, 0.25) is 0 Å². The molecule has 4 saturated heterocycles. The third-order valence-corrected chi connectivity index (χ3v) is 11.0. The van der Waals surface area contributed by atoms with Gasteiger partial charge in [0, 0.05) is 58.6 Å². The number of allylic oxidation sites excluding steroid dienone is 6. The molecule has 4 fully saturated rings. The van der Waals surface area contributed by atoms with Gasteiger partial charge in [0.05, 0.1) is 17.9 Å². The van der Waals surface area contributed by atoms with Gasteiger partial charge in [0.2, 0.25) is 0 Å². The van der Waals surface area contributed by atoms with Crippen molar-refractivity contribution in [2.45, 2.75) is 87.6 Å². The number of nitrogens with zero attached hydrogens (tertiary/aromatic N) is 5. The lowest BCUT2D eigenvalue weighted by Crippen LogP contribution is -2.91. The largest absolute Gasteiger partial charge is 0.468 e. The van der Waals surface area contributed by atoms with Gasteiger partial charge in [-0.2, -0.15) is 0 Å². The van der Waals surface area contributed by atoms with Gasteiger partial charge in [-0.05, 0) is 82.2 Å². The van der Waals surface area contributed by atoms with Crippen molar-refractivity contribution in [3.8, 4) is 0 Å². The van der Waals surface area contributed by atoms with Crippen molar-refractivity contribution in [2.75, 3.05) is 52.4 Å². The topological polar surface area (TPSA) is 38.6 Å². The maximum atomic E-state index is 7.07. The van der Waals surface area contributed by atoms with Crippen molar-refractivity contribution in [2.24, 2.45) is 0 Å². The van der Waals surface area contributed by atoms with Crippen LogP contribution in [0.15, 0.2) is 83.8 Å². The molecule has 0 amide bonds. The quantitative estimate of drug-likeness (QED) is 0.328. The maximum Gasteiger partial charge on any atom is 0.182 e. The minimum Gasteiger partial charge on any atom is -0.468 e. The molecule has 43 heavy (non-hydrogen) atoms. The smallest absolute Gasteiger partial charge is 0.182 e. The predicted octanol–water partition coefficient (Wildman–Crippen LogP) is 6.03. The van der Waals surface area contributed by atoms with Gasteiger partial charge in [-0.25, -0.2) is 10.0 Å². The van der Waals surface area contributed by atoms with E-state index in [4.69, 9.17) is 9.15 Å². The van der Waals surface area contributed by atoms with E-state index in [-0.39, 0.29) is 6.10 Å². The Labute approximate surface area is 258 Å². The molecular formula is C36H51N5O2. The molecule has 0 N–H and O–H groups in total. The van der Waals surface area contributed by atoms with Gasteiger partial charge in [0.25, 0.3) is 0 Å². The molecular weight excluding hydrogens is 534 g/mol. The summed E-state index contributed by atoms with van der Waals surface area (Å²) in [5.41, 5.74) is -0.967. The van der Waals surface area contributed by atoms with E-state index in [2.05, 4.69) is 105 Å². The molecule has 232 valence electrons. The molecule has 6 aliphatic rings. The number of ether oxygens (including phenoxy) is 1. The Kier molecular flexibility index (Phi) is 8.43. The van der Waals surface area contributed by atoms with E-state index in [1.807, 2.05) is 6.26 Å². The van der Waals surface area contributed by atoms with Crippen LogP contribution in [0.5, 0.6) is 0 Å². The first-order valence-electron chi connectivity index (χ1n) is 17.1. The van der Waals surface area contributed by atoms with Gasteiger partial charge in [-0.3, -0.25) is 4.90 Å². The van der Waals surface area contributed by atoms with Crippen molar-refractivity contribution in [1.29, 1.82) is 0 Å². The van der Waals surface area contributed by atoms with Crippen LogP contribution in [0.25, 0.3) is 0 Å². The van der Waals surface area contributed by atoms with Crippen LogP contribution in [0, 0.1) is 0 Å². The van der Waals surface area contributed by atoms with Crippen LogP contribution < -0.4 is 0 Å². The fourth-order valence-corrected chi connectivity index (χ4v) is 9.24. The minimum absolute atomic E-state index is 0.0147. The Morgan fingerprint density at radius 3 is 2.47 bits per heavy atom. The van der Waals surface area contributed by atoms with Crippen LogP contribution in [0.3, 0.4) is 0 Å². The standard InChI is InChI=1S/C36H51N5O2/c1-2-3-4-7-19-34(37-21-8-5-9-22-37)20-29-41(40-27-12-13-28-40)36(39-25-16-26-39,38-23-10-6-11-24-38)35(34,32-17-14-30-42-32)33-18-15-31-43-33/h3-5,7-10,14,17,19,21,23,30,33H,2,6,11-13,15-16,18,20,22,24-29,31H2,1H3. The average molecular weight is 586 g/mol. The van der Waals surface area contributed by atoms with Crippen LogP contribution in [-0.2, 0) is 10.2 Å². The second-order valence-corrected chi connectivity index (χ2v) is 13.1. The Morgan fingerprint density at radius 1 is 0.907 bits per heavy atom. The van der Waals surface area contributed by atoms with Gasteiger partial charge < -0.3 is 19.0 Å². The van der Waals surface area contributed by atoms with Gasteiger partial charge in [0.15, 0.2) is 5.79 Å². The summed E-state index contributed by atoms with van der Waals surface area (Å²) >= 11 is 0. The van der Waals surface area contributed by atoms with E-state index in [1.54, 1.807) is 0 Å². The summed E-state index contributed by atoms with van der Waals surface area (Å²) in [5, 5.41) is 5.54. The highest BCUT2D eigenvalue weighted by molar-refractivity contribution is 5.43. The number of piperidine rings is 1. The summed E-state index contributed by atoms with van der Waals surface area (Å²) in [6.07, 6.45) is 35.4. The lowest BCUT2D eigenvalue weighted by molar-refractivity contribution is -0.336. The van der Waals surface area contributed by atoms with E-state index in [1.165, 1.54) is 19.3 Å². The minimum atomic E-state index is -0.561. The predicted molar refractivity (Wildman–Crippen MR) is 172 cm³/mol. The van der Waals surface area contributed by atoms with Crippen molar-refractivity contribution in [3.63, 3.8) is 0 Å². The molecule has 4 unspecified atom stereocenters. The molecule has 0 aliphatic carbocycles. The van der Waals surface area contributed by atoms with Gasteiger partial charge in [0.1, 0.15) is 11.2 Å². The number of furan rings is 1. The molecule has 0 spiro atoms. The summed E-state index contributed by atoms with van der Waals surface area (Å²) < 4.78 is 13.9. The average Bonchev–Trinajstić information content (AvgIpc) is 3.84. The first-order chi connectivity index (χ1) is 21.3. The van der Waals surface area contributed by atoms with Crippen molar-refractivity contribution >= 4 is 0 Å². The maximum absolute atomic E-state index is 7.07. The van der Waals surface area contributed by atoms with Gasteiger partial charge in [-0.1, -0.05) is 49.5 Å².